The molecule has 18 heavy (non-hydrogen) atoms. The summed E-state index contributed by atoms with van der Waals surface area (Å²) in [5.74, 6) is 1.01. The highest BCUT2D eigenvalue weighted by atomic mass is 79.9. The zero-order chi connectivity index (χ0) is 13.5. The maximum Gasteiger partial charge on any atom is 0.196 e. The zero-order valence-electron chi connectivity index (χ0n) is 10.7. The van der Waals surface area contributed by atoms with Crippen molar-refractivity contribution in [3.63, 3.8) is 0 Å². The first-order valence-corrected chi connectivity index (χ1v) is 7.08. The van der Waals surface area contributed by atoms with E-state index in [1.807, 2.05) is 18.2 Å². The molecule has 1 aromatic carbocycles. The predicted molar refractivity (Wildman–Crippen MR) is 81.4 cm³/mol. The highest BCUT2D eigenvalue weighted by molar-refractivity contribution is 9.10. The van der Waals surface area contributed by atoms with Gasteiger partial charge in [0.15, 0.2) is 5.96 Å². The number of benzene rings is 1. The fourth-order valence-electron chi connectivity index (χ4n) is 2.14. The molecule has 2 rings (SSSR count). The second-order valence-electron chi connectivity index (χ2n) is 5.12. The van der Waals surface area contributed by atoms with Gasteiger partial charge in [-0.3, -0.25) is 4.99 Å². The molecule has 0 aliphatic carbocycles. The van der Waals surface area contributed by atoms with Crippen molar-refractivity contribution in [3.8, 4) is 0 Å². The van der Waals surface area contributed by atoms with E-state index in [9.17, 15) is 0 Å². The summed E-state index contributed by atoms with van der Waals surface area (Å²) in [5.41, 5.74) is 6.97. The van der Waals surface area contributed by atoms with Gasteiger partial charge in [0.1, 0.15) is 0 Å². The Bertz CT molecular complexity index is 501. The molecular formula is C13H17BrClN3. The molecule has 0 radical (unpaired) electrons. The average molecular weight is 331 g/mol. The van der Waals surface area contributed by atoms with E-state index in [1.54, 1.807) is 0 Å². The fourth-order valence-corrected chi connectivity index (χ4v) is 2.62. The Morgan fingerprint density at radius 2 is 2.17 bits per heavy atom. The Labute approximate surface area is 121 Å². The number of aliphatic imine (C=N–C) groups is 1. The Morgan fingerprint density at radius 1 is 1.50 bits per heavy atom. The van der Waals surface area contributed by atoms with Crippen LogP contribution in [0, 0.1) is 5.92 Å². The van der Waals surface area contributed by atoms with Crippen LogP contribution in [0.5, 0.6) is 0 Å². The van der Waals surface area contributed by atoms with Gasteiger partial charge < -0.3 is 10.6 Å². The summed E-state index contributed by atoms with van der Waals surface area (Å²) in [6, 6.07) is 5.82. The van der Waals surface area contributed by atoms with Crippen LogP contribution in [0.2, 0.25) is 5.02 Å². The number of nitrogens with zero attached hydrogens (tertiary/aromatic N) is 2. The van der Waals surface area contributed by atoms with Crippen LogP contribution < -0.4 is 10.6 Å². The molecule has 1 atom stereocenters. The topological polar surface area (TPSA) is 41.6 Å². The maximum atomic E-state index is 6.04. The van der Waals surface area contributed by atoms with Gasteiger partial charge in [0.2, 0.25) is 0 Å². The van der Waals surface area contributed by atoms with Crippen LogP contribution in [-0.2, 0) is 0 Å². The molecule has 1 aliphatic heterocycles. The monoisotopic (exact) mass is 329 g/mol. The first-order valence-electron chi connectivity index (χ1n) is 5.91. The van der Waals surface area contributed by atoms with Crippen molar-refractivity contribution < 1.29 is 0 Å². The van der Waals surface area contributed by atoms with Gasteiger partial charge in [-0.15, -0.1) is 0 Å². The van der Waals surface area contributed by atoms with E-state index in [1.165, 1.54) is 0 Å². The first-order chi connectivity index (χ1) is 8.36. The maximum absolute atomic E-state index is 6.04. The second kappa shape index (κ2) is 4.74. The molecule has 1 aromatic rings. The van der Waals surface area contributed by atoms with Crippen molar-refractivity contribution >= 4 is 39.2 Å². The van der Waals surface area contributed by atoms with Crippen LogP contribution in [0.3, 0.4) is 0 Å². The molecule has 0 aromatic heterocycles. The molecule has 5 heteroatoms. The van der Waals surface area contributed by atoms with Crippen LogP contribution in [0.1, 0.15) is 20.8 Å². The molecule has 0 saturated heterocycles. The van der Waals surface area contributed by atoms with Gasteiger partial charge in [0.05, 0.1) is 17.1 Å². The number of guanidine groups is 1. The van der Waals surface area contributed by atoms with E-state index in [4.69, 9.17) is 17.3 Å². The Kier molecular flexibility index (Phi) is 3.60. The van der Waals surface area contributed by atoms with Crippen LogP contribution in [0.15, 0.2) is 27.7 Å². The predicted octanol–water partition coefficient (Wildman–Crippen LogP) is 3.65. The molecule has 2 N–H and O–H groups in total. The minimum absolute atomic E-state index is 0.0860. The lowest BCUT2D eigenvalue weighted by molar-refractivity contribution is 0.366. The summed E-state index contributed by atoms with van der Waals surface area (Å²) in [4.78, 5) is 6.49. The smallest absolute Gasteiger partial charge is 0.196 e. The molecule has 0 amide bonds. The Balaban J connectivity index is 2.46. The summed E-state index contributed by atoms with van der Waals surface area (Å²) in [5, 5.41) is 0.694. The van der Waals surface area contributed by atoms with E-state index < -0.39 is 0 Å². The van der Waals surface area contributed by atoms with Crippen molar-refractivity contribution in [1.29, 1.82) is 0 Å². The van der Waals surface area contributed by atoms with Gasteiger partial charge in [-0.2, -0.15) is 0 Å². The van der Waals surface area contributed by atoms with Gasteiger partial charge in [-0.25, -0.2) is 0 Å². The molecule has 0 spiro atoms. The SMILES string of the molecule is CC(C)C1(C)CN=C(N)N1c1ccc(Cl)c(Br)c1. The van der Waals surface area contributed by atoms with E-state index in [2.05, 4.69) is 46.6 Å². The number of nitrogens with two attached hydrogens (primary N) is 1. The minimum Gasteiger partial charge on any atom is -0.369 e. The molecule has 0 fully saturated rings. The molecule has 0 saturated carbocycles. The van der Waals surface area contributed by atoms with Crippen molar-refractivity contribution in [2.45, 2.75) is 26.3 Å². The van der Waals surface area contributed by atoms with Gasteiger partial charge in [-0.05, 0) is 47.0 Å². The fraction of sp³-hybridized carbons (Fsp3) is 0.462. The molecule has 98 valence electrons. The summed E-state index contributed by atoms with van der Waals surface area (Å²) in [6.45, 7) is 7.28. The number of rotatable bonds is 2. The molecule has 1 unspecified atom stereocenters. The highest BCUT2D eigenvalue weighted by Crippen LogP contribution is 2.36. The Hall–Kier alpha value is -0.740. The summed E-state index contributed by atoms with van der Waals surface area (Å²) in [7, 11) is 0. The third-order valence-corrected chi connectivity index (χ3v) is 4.92. The first kappa shape index (κ1) is 13.7. The van der Waals surface area contributed by atoms with Gasteiger partial charge >= 0.3 is 0 Å². The third kappa shape index (κ3) is 2.12. The van der Waals surface area contributed by atoms with E-state index in [0.717, 1.165) is 16.7 Å². The lowest BCUT2D eigenvalue weighted by Crippen LogP contribution is -2.53. The van der Waals surface area contributed by atoms with Crippen molar-refractivity contribution in [3.05, 3.63) is 27.7 Å². The van der Waals surface area contributed by atoms with E-state index in [0.29, 0.717) is 16.9 Å². The number of hydrogen-bond acceptors (Lipinski definition) is 3. The summed E-state index contributed by atoms with van der Waals surface area (Å²) < 4.78 is 0.868. The van der Waals surface area contributed by atoms with Crippen LogP contribution >= 0.6 is 27.5 Å². The summed E-state index contributed by atoms with van der Waals surface area (Å²) >= 11 is 9.48. The third-order valence-electron chi connectivity index (χ3n) is 3.71. The lowest BCUT2D eigenvalue weighted by Gasteiger charge is -2.39. The quantitative estimate of drug-likeness (QED) is 0.899. The molecule has 0 bridgehead atoms. The van der Waals surface area contributed by atoms with Gasteiger partial charge in [-0.1, -0.05) is 25.4 Å². The van der Waals surface area contributed by atoms with Gasteiger partial charge in [0, 0.05) is 10.2 Å². The van der Waals surface area contributed by atoms with Crippen molar-refractivity contribution in [1.82, 2.24) is 0 Å². The molecule has 1 heterocycles. The largest absolute Gasteiger partial charge is 0.369 e. The number of hydrogen-bond donors (Lipinski definition) is 1. The minimum atomic E-state index is -0.0860. The number of halogens is 2. The van der Waals surface area contributed by atoms with Gasteiger partial charge in [0.25, 0.3) is 0 Å². The normalized spacial score (nSPS) is 23.7. The second-order valence-corrected chi connectivity index (χ2v) is 6.38. The van der Waals surface area contributed by atoms with E-state index in [-0.39, 0.29) is 5.54 Å². The van der Waals surface area contributed by atoms with Crippen LogP contribution in [0.25, 0.3) is 0 Å². The van der Waals surface area contributed by atoms with Crippen molar-refractivity contribution in [2.75, 3.05) is 11.4 Å². The standard InChI is InChI=1S/C13H17BrClN3/c1-8(2)13(3)7-17-12(16)18(13)9-4-5-11(15)10(14)6-9/h4-6,8H,7H2,1-3H3,(H2,16,17). The number of anilines is 1. The van der Waals surface area contributed by atoms with Crippen LogP contribution in [-0.4, -0.2) is 18.0 Å². The van der Waals surface area contributed by atoms with Crippen LogP contribution in [0.4, 0.5) is 5.69 Å². The zero-order valence-corrected chi connectivity index (χ0v) is 13.1. The molecular weight excluding hydrogens is 314 g/mol. The summed E-state index contributed by atoms with van der Waals surface area (Å²) in [6.07, 6.45) is 0. The van der Waals surface area contributed by atoms with E-state index >= 15 is 0 Å². The molecule has 1 aliphatic rings. The highest BCUT2D eigenvalue weighted by Gasteiger charge is 2.41. The Morgan fingerprint density at radius 3 is 2.72 bits per heavy atom. The van der Waals surface area contributed by atoms with Crippen molar-refractivity contribution in [2.24, 2.45) is 16.6 Å². The average Bonchev–Trinajstić information content (AvgIpc) is 2.61. The lowest BCUT2D eigenvalue weighted by atomic mass is 9.87. The molecule has 3 nitrogen and oxygen atoms in total.